The molecule has 0 nitrogen and oxygen atoms in total. The summed E-state index contributed by atoms with van der Waals surface area (Å²) in [7, 11) is 0. The van der Waals surface area contributed by atoms with E-state index in [1.54, 1.807) is 4.47 Å². The van der Waals surface area contributed by atoms with Crippen molar-refractivity contribution in [3.63, 3.8) is 0 Å². The van der Waals surface area contributed by atoms with Crippen LogP contribution in [0.25, 0.3) is 0 Å². The summed E-state index contributed by atoms with van der Waals surface area (Å²) in [5.74, 6) is 0. The fourth-order valence-corrected chi connectivity index (χ4v) is 4.31. The molecule has 0 aromatic rings. The topological polar surface area (TPSA) is 0 Å². The number of hydrogen-bond acceptors (Lipinski definition) is 0. The maximum atomic E-state index is 2.39. The van der Waals surface area contributed by atoms with Gasteiger partial charge >= 0.3 is 114 Å². The van der Waals surface area contributed by atoms with Crippen molar-refractivity contribution in [1.82, 2.24) is 0 Å². The molecule has 0 bridgehead atoms. The monoisotopic (exact) mass is 342 g/mol. The van der Waals surface area contributed by atoms with E-state index in [4.69, 9.17) is 0 Å². The van der Waals surface area contributed by atoms with Crippen LogP contribution in [0.4, 0.5) is 0 Å². The van der Waals surface area contributed by atoms with Gasteiger partial charge in [0.2, 0.25) is 0 Å². The Balaban J connectivity index is 2.88. The van der Waals surface area contributed by atoms with E-state index < -0.39 is 0 Å². The van der Waals surface area contributed by atoms with Gasteiger partial charge in [0.05, 0.1) is 0 Å². The van der Waals surface area contributed by atoms with Gasteiger partial charge in [0.25, 0.3) is 0 Å². The van der Waals surface area contributed by atoms with E-state index in [0.29, 0.717) is 20.9 Å². The van der Waals surface area contributed by atoms with Crippen LogP contribution in [0.3, 0.4) is 0 Å². The fourth-order valence-electron chi connectivity index (χ4n) is 1.91. The molecular weight excluding hydrogens is 308 g/mol. The Bertz CT molecular complexity index is 121. The van der Waals surface area contributed by atoms with E-state index in [1.807, 2.05) is 0 Å². The average Bonchev–Trinajstić information content (AvgIpc) is 2.25. The third-order valence-electron chi connectivity index (χ3n) is 2.95. The Hall–Kier alpha value is 0.790. The second-order valence-corrected chi connectivity index (χ2v) is 9.91. The summed E-state index contributed by atoms with van der Waals surface area (Å²) < 4.78 is 2.61. The summed E-state index contributed by atoms with van der Waals surface area (Å²) in [5, 5.41) is 0. The Kier molecular flexibility index (Phi) is 14.5. The molecule has 0 heterocycles. The van der Waals surface area contributed by atoms with Crippen molar-refractivity contribution in [3.8, 4) is 0 Å². The Morgan fingerprint density at radius 1 is 0.688 bits per heavy atom. The minimum atomic E-state index is 0.365. The molecule has 0 spiro atoms. The molecule has 0 saturated carbocycles. The first kappa shape index (κ1) is 16.8. The molecule has 0 aliphatic heterocycles. The summed E-state index contributed by atoms with van der Waals surface area (Å²) in [6.45, 7) is 7.07. The summed E-state index contributed by atoms with van der Waals surface area (Å²) in [6, 6.07) is 0. The predicted molar refractivity (Wildman–Crippen MR) is 77.5 cm³/mol. The van der Waals surface area contributed by atoms with E-state index >= 15 is 0 Å². The van der Waals surface area contributed by atoms with Gasteiger partial charge in [0.1, 0.15) is 0 Å². The third kappa shape index (κ3) is 14.8. The summed E-state index contributed by atoms with van der Waals surface area (Å²) in [6.07, 6.45) is 14.8. The van der Waals surface area contributed by atoms with Crippen molar-refractivity contribution in [1.29, 1.82) is 0 Å². The number of unbranched alkanes of at least 4 members (excludes halogenated alkanes) is 9. The van der Waals surface area contributed by atoms with Crippen LogP contribution in [0.5, 0.6) is 0 Å². The first-order chi connectivity index (χ1) is 7.77. The second-order valence-electron chi connectivity index (χ2n) is 5.10. The van der Waals surface area contributed by atoms with Crippen LogP contribution < -0.4 is 0 Å². The molecule has 0 amide bonds. The summed E-state index contributed by atoms with van der Waals surface area (Å²) >= 11 is 0.365. The van der Waals surface area contributed by atoms with Crippen LogP contribution in [0.1, 0.15) is 85.0 Å². The van der Waals surface area contributed by atoms with Crippen LogP contribution in [0, 0.1) is 0 Å². The molecule has 0 aliphatic rings. The normalized spacial score (nSPS) is 11.2. The van der Waals surface area contributed by atoms with Gasteiger partial charge in [-0.1, -0.05) is 0 Å². The SMILES string of the molecule is CCCCCCCCCCCC[Te]C(C)C. The van der Waals surface area contributed by atoms with Crippen LogP contribution in [0.2, 0.25) is 8.43 Å². The summed E-state index contributed by atoms with van der Waals surface area (Å²) in [5.41, 5.74) is 0. The zero-order chi connectivity index (χ0) is 12.1. The Morgan fingerprint density at radius 3 is 1.56 bits per heavy atom. The summed E-state index contributed by atoms with van der Waals surface area (Å²) in [4.78, 5) is 0. The molecule has 0 rings (SSSR count). The van der Waals surface area contributed by atoms with E-state index in [1.165, 1.54) is 64.2 Å². The van der Waals surface area contributed by atoms with E-state index in [0.717, 1.165) is 3.97 Å². The molecule has 0 aromatic carbocycles. The van der Waals surface area contributed by atoms with Gasteiger partial charge in [-0.05, 0) is 0 Å². The fraction of sp³-hybridized carbons (Fsp3) is 1.00. The third-order valence-corrected chi connectivity index (χ3v) is 6.35. The molecule has 16 heavy (non-hydrogen) atoms. The molecule has 0 N–H and O–H groups in total. The van der Waals surface area contributed by atoms with E-state index in [-0.39, 0.29) is 0 Å². The van der Waals surface area contributed by atoms with Gasteiger partial charge in [-0.15, -0.1) is 0 Å². The molecule has 0 aliphatic carbocycles. The molecule has 1 heteroatoms. The Morgan fingerprint density at radius 2 is 1.12 bits per heavy atom. The Labute approximate surface area is 114 Å². The molecule has 0 unspecified atom stereocenters. The van der Waals surface area contributed by atoms with Crippen molar-refractivity contribution in [2.24, 2.45) is 0 Å². The van der Waals surface area contributed by atoms with Crippen molar-refractivity contribution >= 4 is 20.9 Å². The van der Waals surface area contributed by atoms with Crippen molar-refractivity contribution in [3.05, 3.63) is 0 Å². The molecule has 98 valence electrons. The molecule has 0 atom stereocenters. The van der Waals surface area contributed by atoms with Crippen LogP contribution >= 0.6 is 0 Å². The van der Waals surface area contributed by atoms with E-state index in [2.05, 4.69) is 20.8 Å². The van der Waals surface area contributed by atoms with Gasteiger partial charge in [0.15, 0.2) is 0 Å². The van der Waals surface area contributed by atoms with Gasteiger partial charge in [-0.25, -0.2) is 0 Å². The number of hydrogen-bond donors (Lipinski definition) is 0. The zero-order valence-corrected chi connectivity index (χ0v) is 14.1. The molecule has 0 aromatic heterocycles. The van der Waals surface area contributed by atoms with E-state index in [9.17, 15) is 0 Å². The number of rotatable bonds is 12. The van der Waals surface area contributed by atoms with Gasteiger partial charge < -0.3 is 0 Å². The van der Waals surface area contributed by atoms with Crippen molar-refractivity contribution in [2.75, 3.05) is 0 Å². The molecule has 0 saturated heterocycles. The van der Waals surface area contributed by atoms with Gasteiger partial charge in [-0.2, -0.15) is 0 Å². The van der Waals surface area contributed by atoms with Crippen molar-refractivity contribution < 1.29 is 0 Å². The van der Waals surface area contributed by atoms with Crippen LogP contribution in [-0.4, -0.2) is 20.9 Å². The predicted octanol–water partition coefficient (Wildman–Crippen LogP) is 5.86. The van der Waals surface area contributed by atoms with Crippen LogP contribution in [0.15, 0.2) is 0 Å². The molecule has 0 fully saturated rings. The second kappa shape index (κ2) is 13.9. The maximum absolute atomic E-state index is 2.39. The standard InChI is InChI=1S/C15H32Te/c1-4-5-6-7-8-9-10-11-12-13-14-16-15(2)3/h15H,4-14H2,1-3H3. The molecule has 0 radical (unpaired) electrons. The van der Waals surface area contributed by atoms with Gasteiger partial charge in [-0.3, -0.25) is 0 Å². The van der Waals surface area contributed by atoms with Crippen molar-refractivity contribution in [2.45, 2.75) is 93.4 Å². The first-order valence-electron chi connectivity index (χ1n) is 7.39. The minimum absolute atomic E-state index is 0.365. The first-order valence-corrected chi connectivity index (χ1v) is 10.4. The van der Waals surface area contributed by atoms with Crippen LogP contribution in [-0.2, 0) is 0 Å². The van der Waals surface area contributed by atoms with Gasteiger partial charge in [0, 0.05) is 0 Å². The zero-order valence-electron chi connectivity index (χ0n) is 11.8. The molecular formula is C15H32Te. The quantitative estimate of drug-likeness (QED) is 0.308. The average molecular weight is 340 g/mol.